The highest BCUT2D eigenvalue weighted by atomic mass is 16.1. The number of fused-ring (bicyclic) bond motifs is 1. The number of ketones is 1. The van der Waals surface area contributed by atoms with Gasteiger partial charge in [0.1, 0.15) is 0 Å². The summed E-state index contributed by atoms with van der Waals surface area (Å²) in [5.41, 5.74) is 11.6. The maximum Gasteiger partial charge on any atom is 0.163 e. The van der Waals surface area contributed by atoms with Crippen LogP contribution in [0.4, 0.5) is 0 Å². The molecular weight excluding hydrogens is 344 g/mol. The quantitative estimate of drug-likeness (QED) is 0.759. The van der Waals surface area contributed by atoms with Gasteiger partial charge in [0.25, 0.3) is 0 Å². The second-order valence-corrected chi connectivity index (χ2v) is 7.75. The van der Waals surface area contributed by atoms with Crippen molar-refractivity contribution in [3.63, 3.8) is 0 Å². The summed E-state index contributed by atoms with van der Waals surface area (Å²) in [7, 11) is 0. The van der Waals surface area contributed by atoms with E-state index in [2.05, 4.69) is 61.2 Å². The molecule has 1 aliphatic heterocycles. The average Bonchev–Trinajstić information content (AvgIpc) is 2.59. The topological polar surface area (TPSA) is 46.3 Å². The molecule has 2 aromatic rings. The van der Waals surface area contributed by atoms with Crippen LogP contribution in [0.1, 0.15) is 60.7 Å². The van der Waals surface area contributed by atoms with E-state index in [0.29, 0.717) is 12.5 Å². The van der Waals surface area contributed by atoms with E-state index >= 15 is 0 Å². The second-order valence-electron chi connectivity index (χ2n) is 7.75. The highest BCUT2D eigenvalue weighted by molar-refractivity contribution is 5.99. The van der Waals surface area contributed by atoms with Crippen molar-refractivity contribution in [3.05, 3.63) is 76.4 Å². The lowest BCUT2D eigenvalue weighted by molar-refractivity contribution is 0.0980. The summed E-state index contributed by atoms with van der Waals surface area (Å²) in [5, 5.41) is 0. The van der Waals surface area contributed by atoms with Crippen LogP contribution >= 0.6 is 0 Å². The van der Waals surface area contributed by atoms with Gasteiger partial charge in [0, 0.05) is 39.1 Å². The number of benzene rings is 2. The number of allylic oxidation sites excluding steroid dienone is 1. The van der Waals surface area contributed by atoms with E-state index in [4.69, 9.17) is 5.73 Å². The van der Waals surface area contributed by atoms with Crippen molar-refractivity contribution >= 4 is 11.9 Å². The third kappa shape index (κ3) is 6.15. The molecule has 2 N–H and O–H groups in total. The fraction of sp³-hybridized carbons (Fsp3) is 0.400. The molecule has 0 aromatic heterocycles. The number of hydrogen-bond donors (Lipinski definition) is 1. The molecule has 3 heteroatoms. The van der Waals surface area contributed by atoms with Crippen molar-refractivity contribution in [3.8, 4) is 0 Å². The summed E-state index contributed by atoms with van der Waals surface area (Å²) in [4.78, 5) is 14.1. The van der Waals surface area contributed by atoms with Gasteiger partial charge in [0.15, 0.2) is 5.78 Å². The molecule has 1 aliphatic carbocycles. The summed E-state index contributed by atoms with van der Waals surface area (Å²) < 4.78 is 0. The highest BCUT2D eigenvalue weighted by Gasteiger charge is 2.22. The summed E-state index contributed by atoms with van der Waals surface area (Å²) in [6, 6.07) is 15.1. The molecule has 0 amide bonds. The van der Waals surface area contributed by atoms with E-state index in [0.717, 1.165) is 43.6 Å². The van der Waals surface area contributed by atoms with Crippen molar-refractivity contribution in [1.82, 2.24) is 4.90 Å². The Hall–Kier alpha value is -2.23. The van der Waals surface area contributed by atoms with Crippen LogP contribution in [0.5, 0.6) is 0 Å². The standard InChI is InChI=1S/C13H14O.C11H16N2.CH4.H2/c1-10-7-8-12-11(9-10)5-3-2-4-6-13(12)14;1-9-3-2-4-10(5-9)6-13-7-11(12)8-13;;/h3,5,7-9H,2,4,6H2,1H3;2-5,11H,6-8,12H2,1H3;1H4;1H/b5-3-;;;. The number of nitrogens with zero attached hydrogens (tertiary/aromatic N) is 1. The number of aryl methyl sites for hydroxylation is 2. The molecule has 28 heavy (non-hydrogen) atoms. The molecule has 1 saturated heterocycles. The number of likely N-dealkylation sites (tertiary alicyclic amines) is 1. The first kappa shape index (κ1) is 22.1. The predicted octanol–water partition coefficient (Wildman–Crippen LogP) is 5.39. The lowest BCUT2D eigenvalue weighted by atomic mass is 9.95. The van der Waals surface area contributed by atoms with Gasteiger partial charge < -0.3 is 5.73 Å². The number of rotatable bonds is 2. The molecule has 1 heterocycles. The number of hydrogen-bond acceptors (Lipinski definition) is 3. The first-order valence-corrected chi connectivity index (χ1v) is 9.85. The summed E-state index contributed by atoms with van der Waals surface area (Å²) in [5.74, 6) is 0.282. The first-order chi connectivity index (χ1) is 13.0. The normalized spacial score (nSPS) is 17.8. The van der Waals surface area contributed by atoms with Crippen LogP contribution in [0.2, 0.25) is 0 Å². The van der Waals surface area contributed by atoms with Gasteiger partial charge in [0.05, 0.1) is 0 Å². The molecule has 2 aliphatic rings. The minimum absolute atomic E-state index is 0. The summed E-state index contributed by atoms with van der Waals surface area (Å²) in [6.45, 7) is 7.33. The Morgan fingerprint density at radius 2 is 1.86 bits per heavy atom. The van der Waals surface area contributed by atoms with Gasteiger partial charge in [-0.25, -0.2) is 0 Å². The number of Topliss-reactive ketones (excluding diaryl/α,β-unsaturated/α-hetero) is 1. The van der Waals surface area contributed by atoms with Gasteiger partial charge in [-0.1, -0.05) is 73.2 Å². The monoisotopic (exact) mass is 380 g/mol. The Kier molecular flexibility index (Phi) is 8.16. The molecule has 3 nitrogen and oxygen atoms in total. The molecule has 1 fully saturated rings. The molecule has 0 saturated carbocycles. The average molecular weight is 381 g/mol. The Labute approximate surface area is 171 Å². The highest BCUT2D eigenvalue weighted by Crippen LogP contribution is 2.19. The molecule has 2 aromatic carbocycles. The molecule has 0 bridgehead atoms. The Balaban J connectivity index is 0.000000272. The van der Waals surface area contributed by atoms with Crippen molar-refractivity contribution in [2.45, 2.75) is 53.1 Å². The smallest absolute Gasteiger partial charge is 0.163 e. The number of nitrogens with two attached hydrogens (primary N) is 1. The fourth-order valence-corrected chi connectivity index (χ4v) is 3.61. The largest absolute Gasteiger partial charge is 0.325 e. The van der Waals surface area contributed by atoms with E-state index in [1.165, 1.54) is 16.7 Å². The predicted molar refractivity (Wildman–Crippen MR) is 122 cm³/mol. The third-order valence-electron chi connectivity index (χ3n) is 5.05. The maximum atomic E-state index is 11.7. The third-order valence-corrected chi connectivity index (χ3v) is 5.05. The van der Waals surface area contributed by atoms with Crippen LogP contribution in [0.25, 0.3) is 6.08 Å². The first-order valence-electron chi connectivity index (χ1n) is 9.85. The SMILES string of the molecule is C.Cc1ccc2c(c1)/C=C\CCCC2=O.Cc1cccc(CN2CC(N)C2)c1.[HH]. The van der Waals surface area contributed by atoms with Gasteiger partial charge in [-0.05, 0) is 37.8 Å². The lowest BCUT2D eigenvalue weighted by Gasteiger charge is -2.36. The van der Waals surface area contributed by atoms with Crippen LogP contribution in [0, 0.1) is 13.8 Å². The van der Waals surface area contributed by atoms with Gasteiger partial charge in [-0.3, -0.25) is 9.69 Å². The fourth-order valence-electron chi connectivity index (χ4n) is 3.61. The van der Waals surface area contributed by atoms with Crippen molar-refractivity contribution in [1.29, 1.82) is 0 Å². The minimum atomic E-state index is 0. The van der Waals surface area contributed by atoms with Crippen LogP contribution < -0.4 is 5.73 Å². The molecule has 4 rings (SSSR count). The van der Waals surface area contributed by atoms with Gasteiger partial charge in [-0.2, -0.15) is 0 Å². The number of carbonyl (C=O) groups excluding carboxylic acids is 1. The van der Waals surface area contributed by atoms with E-state index in [9.17, 15) is 4.79 Å². The molecule has 0 unspecified atom stereocenters. The Morgan fingerprint density at radius 3 is 2.57 bits per heavy atom. The minimum Gasteiger partial charge on any atom is -0.325 e. The second kappa shape index (κ2) is 10.4. The van der Waals surface area contributed by atoms with Crippen LogP contribution in [-0.2, 0) is 6.54 Å². The van der Waals surface area contributed by atoms with E-state index < -0.39 is 0 Å². The maximum absolute atomic E-state index is 11.7. The molecule has 0 radical (unpaired) electrons. The molecule has 0 atom stereocenters. The van der Waals surface area contributed by atoms with Crippen molar-refractivity contribution in [2.75, 3.05) is 13.1 Å². The van der Waals surface area contributed by atoms with Gasteiger partial charge in [-0.15, -0.1) is 0 Å². The molecular formula is C25H36N2O. The Morgan fingerprint density at radius 1 is 1.11 bits per heavy atom. The summed E-state index contributed by atoms with van der Waals surface area (Å²) >= 11 is 0. The van der Waals surface area contributed by atoms with Crippen molar-refractivity contribution in [2.24, 2.45) is 5.73 Å². The zero-order valence-corrected chi connectivity index (χ0v) is 16.4. The van der Waals surface area contributed by atoms with Crippen LogP contribution in [0.3, 0.4) is 0 Å². The molecule has 0 spiro atoms. The lowest BCUT2D eigenvalue weighted by Crippen LogP contribution is -2.54. The Bertz CT molecular complexity index is 825. The van der Waals surface area contributed by atoms with E-state index in [-0.39, 0.29) is 14.6 Å². The zero-order valence-electron chi connectivity index (χ0n) is 16.4. The van der Waals surface area contributed by atoms with Gasteiger partial charge >= 0.3 is 0 Å². The van der Waals surface area contributed by atoms with Gasteiger partial charge in [0.2, 0.25) is 0 Å². The molecule has 152 valence electrons. The van der Waals surface area contributed by atoms with E-state index in [1.54, 1.807) is 0 Å². The number of carbonyl (C=O) groups is 1. The van der Waals surface area contributed by atoms with Crippen LogP contribution in [0.15, 0.2) is 48.5 Å². The zero-order chi connectivity index (χ0) is 19.2. The van der Waals surface area contributed by atoms with Crippen LogP contribution in [-0.4, -0.2) is 29.8 Å². The van der Waals surface area contributed by atoms with Crippen molar-refractivity contribution < 1.29 is 6.22 Å². The van der Waals surface area contributed by atoms with E-state index in [1.807, 2.05) is 12.1 Å². The summed E-state index contributed by atoms with van der Waals surface area (Å²) in [6.07, 6.45) is 6.90.